The Morgan fingerprint density at radius 1 is 1.02 bits per heavy atom. The standard InChI is InChI=1S/C35H41BrN9O3P/c1-43-15-16-48-35(22-43)10-13-45(14-11-35)30-18-31(47-3)29(17-25(30)23-19-39-44(2)21-23)41-34-38-20-26(36)33(42-34)40-28-9-8-27-24(7-6-12-37-27)32(28)49(4,5)46/h6-9,12,17-21H,10-11,13-16,22H2,1-5H3,(H2,38,40,41,42). The van der Waals surface area contributed by atoms with Crippen molar-refractivity contribution >= 4 is 68.1 Å². The summed E-state index contributed by atoms with van der Waals surface area (Å²) in [5.74, 6) is 1.56. The van der Waals surface area contributed by atoms with Crippen LogP contribution in [0.5, 0.6) is 5.75 Å². The summed E-state index contributed by atoms with van der Waals surface area (Å²) in [5, 5.41) is 12.9. The molecule has 2 aliphatic heterocycles. The summed E-state index contributed by atoms with van der Waals surface area (Å²) in [4.78, 5) is 18.7. The van der Waals surface area contributed by atoms with Crippen LogP contribution < -0.4 is 25.6 Å². The van der Waals surface area contributed by atoms with Gasteiger partial charge < -0.3 is 34.5 Å². The van der Waals surface area contributed by atoms with Gasteiger partial charge in [-0.1, -0.05) is 6.07 Å². The van der Waals surface area contributed by atoms with Gasteiger partial charge >= 0.3 is 0 Å². The van der Waals surface area contributed by atoms with E-state index in [4.69, 9.17) is 14.5 Å². The summed E-state index contributed by atoms with van der Waals surface area (Å²) in [6, 6.07) is 11.8. The molecule has 0 bridgehead atoms. The minimum atomic E-state index is -2.71. The SMILES string of the molecule is COc1cc(N2CCC3(CC2)CN(C)CCO3)c(-c2cnn(C)c2)cc1Nc1ncc(Br)c(Nc2ccc3ncccc3c2P(C)(C)=O)n1. The number of likely N-dealkylation sites (N-methyl/N-ethyl adjacent to an activating group) is 1. The number of hydrogen-bond acceptors (Lipinski definition) is 11. The number of methoxy groups -OCH3 is 1. The number of pyridine rings is 1. The first-order valence-corrected chi connectivity index (χ1v) is 19.7. The lowest BCUT2D eigenvalue weighted by molar-refractivity contribution is -0.115. The molecule has 3 aromatic heterocycles. The number of aromatic nitrogens is 5. The molecule has 0 atom stereocenters. The first-order chi connectivity index (χ1) is 23.5. The Hall–Kier alpha value is -4.03. The molecule has 12 nitrogen and oxygen atoms in total. The van der Waals surface area contributed by atoms with Crippen LogP contribution in [-0.2, 0) is 16.3 Å². The molecule has 7 rings (SSSR count). The second-order valence-corrected chi connectivity index (χ2v) is 17.3. The molecule has 0 radical (unpaired) electrons. The van der Waals surface area contributed by atoms with Gasteiger partial charge in [-0.3, -0.25) is 9.67 Å². The highest BCUT2D eigenvalue weighted by Crippen LogP contribution is 2.44. The van der Waals surface area contributed by atoms with Crippen LogP contribution in [0, 0.1) is 0 Å². The van der Waals surface area contributed by atoms with Gasteiger partial charge in [0.2, 0.25) is 5.95 Å². The van der Waals surface area contributed by atoms with Crippen molar-refractivity contribution in [1.29, 1.82) is 0 Å². The smallest absolute Gasteiger partial charge is 0.229 e. The predicted molar refractivity (Wildman–Crippen MR) is 200 cm³/mol. The molecule has 5 heterocycles. The van der Waals surface area contributed by atoms with Gasteiger partial charge in [0, 0.05) is 85.4 Å². The van der Waals surface area contributed by atoms with Crippen LogP contribution in [0.3, 0.4) is 0 Å². The van der Waals surface area contributed by atoms with Crippen molar-refractivity contribution in [2.75, 3.05) is 75.8 Å². The van der Waals surface area contributed by atoms with Gasteiger partial charge in [0.1, 0.15) is 18.7 Å². The number of benzene rings is 2. The second kappa shape index (κ2) is 13.4. The molecule has 14 heteroatoms. The van der Waals surface area contributed by atoms with Crippen LogP contribution in [0.1, 0.15) is 12.8 Å². The molecule has 0 saturated carbocycles. The van der Waals surface area contributed by atoms with Crippen LogP contribution in [-0.4, -0.2) is 95.5 Å². The third-order valence-corrected chi connectivity index (χ3v) is 11.5. The average molecular weight is 747 g/mol. The van der Waals surface area contributed by atoms with Gasteiger partial charge in [0.25, 0.3) is 0 Å². The number of hydrogen-bond donors (Lipinski definition) is 2. The predicted octanol–water partition coefficient (Wildman–Crippen LogP) is 6.23. The maximum atomic E-state index is 13.5. The van der Waals surface area contributed by atoms with E-state index in [0.717, 1.165) is 78.6 Å². The first-order valence-electron chi connectivity index (χ1n) is 16.3. The number of morpholine rings is 1. The van der Waals surface area contributed by atoms with Gasteiger partial charge in [-0.15, -0.1) is 0 Å². The van der Waals surface area contributed by atoms with E-state index in [9.17, 15) is 4.57 Å². The fourth-order valence-corrected chi connectivity index (χ4v) is 8.73. The van der Waals surface area contributed by atoms with E-state index in [1.54, 1.807) is 32.8 Å². The number of fused-ring (bicyclic) bond motifs is 1. The Labute approximate surface area is 294 Å². The van der Waals surface area contributed by atoms with Gasteiger partial charge in [-0.05, 0) is 73.4 Å². The van der Waals surface area contributed by atoms with Crippen molar-refractivity contribution in [2.24, 2.45) is 7.05 Å². The number of aryl methyl sites for hydroxylation is 1. The topological polar surface area (TPSA) is 123 Å². The van der Waals surface area contributed by atoms with E-state index in [1.165, 1.54) is 0 Å². The Balaban J connectivity index is 1.21. The molecule has 49 heavy (non-hydrogen) atoms. The highest BCUT2D eigenvalue weighted by atomic mass is 79.9. The molecular weight excluding hydrogens is 705 g/mol. The lowest BCUT2D eigenvalue weighted by Crippen LogP contribution is -2.56. The summed E-state index contributed by atoms with van der Waals surface area (Å²) in [6.45, 7) is 7.99. The number of nitrogens with zero attached hydrogens (tertiary/aromatic N) is 7. The van der Waals surface area contributed by atoms with Crippen molar-refractivity contribution < 1.29 is 14.0 Å². The molecule has 0 aliphatic carbocycles. The zero-order chi connectivity index (χ0) is 34.3. The molecule has 2 aromatic carbocycles. The average Bonchev–Trinajstić information content (AvgIpc) is 3.51. The second-order valence-electron chi connectivity index (χ2n) is 13.3. The Morgan fingerprint density at radius 3 is 2.55 bits per heavy atom. The van der Waals surface area contributed by atoms with Crippen LogP contribution in [0.25, 0.3) is 22.0 Å². The van der Waals surface area contributed by atoms with Crippen molar-refractivity contribution in [3.63, 3.8) is 0 Å². The molecule has 2 saturated heterocycles. The highest BCUT2D eigenvalue weighted by molar-refractivity contribution is 9.10. The zero-order valence-corrected chi connectivity index (χ0v) is 30.9. The van der Waals surface area contributed by atoms with Gasteiger partial charge in [0.05, 0.1) is 46.9 Å². The molecule has 1 spiro atoms. The number of nitrogens with one attached hydrogen (secondary N) is 2. The highest BCUT2D eigenvalue weighted by Gasteiger charge is 2.39. The maximum absolute atomic E-state index is 13.5. The summed E-state index contributed by atoms with van der Waals surface area (Å²) in [6.07, 6.45) is 9.24. The van der Waals surface area contributed by atoms with Crippen LogP contribution in [0.15, 0.2) is 65.7 Å². The van der Waals surface area contributed by atoms with Gasteiger partial charge in [0.15, 0.2) is 0 Å². The van der Waals surface area contributed by atoms with E-state index < -0.39 is 7.14 Å². The van der Waals surface area contributed by atoms with E-state index >= 15 is 0 Å². The van der Waals surface area contributed by atoms with Gasteiger partial charge in [-0.25, -0.2) is 4.98 Å². The Bertz CT molecular complexity index is 2060. The summed E-state index contributed by atoms with van der Waals surface area (Å²) in [5.41, 5.74) is 5.22. The largest absolute Gasteiger partial charge is 0.494 e. The fraction of sp³-hybridized carbons (Fsp3) is 0.371. The molecule has 0 amide bonds. The van der Waals surface area contributed by atoms with E-state index in [0.29, 0.717) is 33.4 Å². The van der Waals surface area contributed by atoms with Gasteiger partial charge in [-0.2, -0.15) is 10.1 Å². The Kier molecular flexibility index (Phi) is 9.12. The maximum Gasteiger partial charge on any atom is 0.229 e. The molecule has 2 aliphatic rings. The van der Waals surface area contributed by atoms with Crippen molar-refractivity contribution in [3.05, 3.63) is 65.7 Å². The normalized spacial score (nSPS) is 16.7. The summed E-state index contributed by atoms with van der Waals surface area (Å²) in [7, 11) is 3.06. The Morgan fingerprint density at radius 2 is 1.84 bits per heavy atom. The zero-order valence-electron chi connectivity index (χ0n) is 28.4. The lowest BCUT2D eigenvalue weighted by Gasteiger charge is -2.47. The molecule has 256 valence electrons. The minimum Gasteiger partial charge on any atom is -0.494 e. The first kappa shape index (κ1) is 33.5. The monoisotopic (exact) mass is 745 g/mol. The van der Waals surface area contributed by atoms with Crippen LogP contribution >= 0.6 is 23.1 Å². The molecule has 2 N–H and O–H groups in total. The third kappa shape index (κ3) is 6.90. The minimum absolute atomic E-state index is 0.0933. The number of piperidine rings is 1. The molecular formula is C35H41BrN9O3P. The molecule has 0 unspecified atom stereocenters. The molecule has 2 fully saturated rings. The van der Waals surface area contributed by atoms with Crippen LogP contribution in [0.4, 0.5) is 28.8 Å². The lowest BCUT2D eigenvalue weighted by atomic mass is 9.88. The number of rotatable bonds is 8. The summed E-state index contributed by atoms with van der Waals surface area (Å²) < 4.78 is 28.3. The van der Waals surface area contributed by atoms with E-state index in [1.807, 2.05) is 48.4 Å². The van der Waals surface area contributed by atoms with Crippen molar-refractivity contribution in [1.82, 2.24) is 29.6 Å². The molecule has 5 aromatic rings. The van der Waals surface area contributed by atoms with Crippen LogP contribution in [0.2, 0.25) is 0 Å². The van der Waals surface area contributed by atoms with E-state index in [-0.39, 0.29) is 5.60 Å². The quantitative estimate of drug-likeness (QED) is 0.176. The van der Waals surface area contributed by atoms with Crippen molar-refractivity contribution in [2.45, 2.75) is 18.4 Å². The number of anilines is 5. The number of ether oxygens (including phenoxy) is 2. The fourth-order valence-electron chi connectivity index (χ4n) is 6.96. The number of halogens is 1. The summed E-state index contributed by atoms with van der Waals surface area (Å²) >= 11 is 3.61. The van der Waals surface area contributed by atoms with Crippen molar-refractivity contribution in [3.8, 4) is 16.9 Å². The van der Waals surface area contributed by atoms with E-state index in [2.05, 4.69) is 70.6 Å². The third-order valence-electron chi connectivity index (χ3n) is 9.33.